The monoisotopic (exact) mass is 511 g/mol. The van der Waals surface area contributed by atoms with Gasteiger partial charge in [0.2, 0.25) is 0 Å². The highest BCUT2D eigenvalue weighted by Crippen LogP contribution is 2.31. The number of carbonyl (C=O) groups excluding carboxylic acids is 3. The summed E-state index contributed by atoms with van der Waals surface area (Å²) in [6.07, 6.45) is 4.91. The number of hydrogen-bond acceptors (Lipinski definition) is 3. The highest BCUT2D eigenvalue weighted by Gasteiger charge is 2.28. The van der Waals surface area contributed by atoms with Gasteiger partial charge in [0.1, 0.15) is 5.82 Å². The summed E-state index contributed by atoms with van der Waals surface area (Å²) in [4.78, 5) is 42.3. The van der Waals surface area contributed by atoms with Crippen LogP contribution in [0.4, 0.5) is 4.39 Å². The number of amides is 2. The molecule has 36 heavy (non-hydrogen) atoms. The van der Waals surface area contributed by atoms with Crippen molar-refractivity contribution < 1.29 is 18.8 Å². The first kappa shape index (κ1) is 25.9. The Labute approximate surface area is 215 Å². The van der Waals surface area contributed by atoms with Gasteiger partial charge in [-0.1, -0.05) is 30.7 Å². The zero-order chi connectivity index (χ0) is 26.0. The quantitative estimate of drug-likeness (QED) is 0.327. The van der Waals surface area contributed by atoms with Gasteiger partial charge in [0.05, 0.1) is 21.7 Å². The smallest absolute Gasteiger partial charge is 0.294 e. The number of likely N-dealkylation sites (N-methyl/N-ethyl adjacent to an activating group) is 1. The van der Waals surface area contributed by atoms with Crippen LogP contribution < -0.4 is 0 Å². The molecule has 0 unspecified atom stereocenters. The predicted molar refractivity (Wildman–Crippen MR) is 139 cm³/mol. The van der Waals surface area contributed by atoms with Gasteiger partial charge in [-0.15, -0.1) is 0 Å². The average Bonchev–Trinajstić information content (AvgIpc) is 3.19. The van der Waals surface area contributed by atoms with Crippen molar-refractivity contribution in [1.82, 2.24) is 14.4 Å². The second kappa shape index (κ2) is 10.8. The molecule has 1 aromatic heterocycles. The van der Waals surface area contributed by atoms with Crippen LogP contribution in [0.5, 0.6) is 0 Å². The van der Waals surface area contributed by atoms with E-state index in [1.165, 1.54) is 17.0 Å². The van der Waals surface area contributed by atoms with Gasteiger partial charge in [0.25, 0.3) is 17.6 Å². The number of benzene rings is 2. The molecule has 1 saturated heterocycles. The summed E-state index contributed by atoms with van der Waals surface area (Å²) in [7, 11) is 3.39. The molecule has 0 atom stereocenters. The van der Waals surface area contributed by atoms with Crippen LogP contribution in [0.25, 0.3) is 10.9 Å². The normalized spacial score (nSPS) is 14.3. The number of likely N-dealkylation sites (tertiary alicyclic amines) is 1. The van der Waals surface area contributed by atoms with Gasteiger partial charge in [0, 0.05) is 45.3 Å². The molecule has 0 aliphatic carbocycles. The van der Waals surface area contributed by atoms with Crippen molar-refractivity contribution in [2.45, 2.75) is 32.6 Å². The number of carbonyl (C=O) groups is 3. The van der Waals surface area contributed by atoms with Crippen LogP contribution in [0, 0.1) is 11.7 Å². The minimum Gasteiger partial charge on any atom is -0.350 e. The summed E-state index contributed by atoms with van der Waals surface area (Å²) in [5.41, 5.74) is 2.37. The summed E-state index contributed by atoms with van der Waals surface area (Å²) in [5.74, 6) is -1.18. The fourth-order valence-corrected chi connectivity index (χ4v) is 5.18. The fourth-order valence-electron chi connectivity index (χ4n) is 4.94. The Morgan fingerprint density at radius 2 is 1.75 bits per heavy atom. The summed E-state index contributed by atoms with van der Waals surface area (Å²) in [5, 5.41) is 0.857. The lowest BCUT2D eigenvalue weighted by atomic mass is 9.90. The molecule has 190 valence electrons. The van der Waals surface area contributed by atoms with E-state index in [1.54, 1.807) is 41.9 Å². The molecule has 0 N–H and O–H groups in total. The number of fused-ring (bicyclic) bond motifs is 1. The molecule has 0 radical (unpaired) electrons. The average molecular weight is 512 g/mol. The van der Waals surface area contributed by atoms with E-state index in [1.807, 2.05) is 19.1 Å². The summed E-state index contributed by atoms with van der Waals surface area (Å²) < 4.78 is 14.9. The number of aryl methyl sites for hydroxylation is 1. The molecular formula is C28H31ClFN3O3. The van der Waals surface area contributed by atoms with Gasteiger partial charge >= 0.3 is 0 Å². The van der Waals surface area contributed by atoms with Crippen molar-refractivity contribution in [1.29, 1.82) is 0 Å². The van der Waals surface area contributed by atoms with Crippen LogP contribution >= 0.6 is 11.6 Å². The number of hydrogen-bond donors (Lipinski definition) is 0. The number of aromatic nitrogens is 1. The lowest BCUT2D eigenvalue weighted by Crippen LogP contribution is -2.39. The molecule has 2 aromatic carbocycles. The zero-order valence-corrected chi connectivity index (χ0v) is 21.6. The van der Waals surface area contributed by atoms with Crippen LogP contribution in [-0.4, -0.2) is 58.6 Å². The molecule has 1 aliphatic rings. The highest BCUT2D eigenvalue weighted by molar-refractivity contribution is 6.45. The molecule has 0 spiro atoms. The van der Waals surface area contributed by atoms with Gasteiger partial charge in [-0.25, -0.2) is 4.39 Å². The highest BCUT2D eigenvalue weighted by atomic mass is 35.5. The largest absolute Gasteiger partial charge is 0.350 e. The Morgan fingerprint density at radius 1 is 1.08 bits per heavy atom. The lowest BCUT2D eigenvalue weighted by Gasteiger charge is -2.32. The number of rotatable bonds is 7. The van der Waals surface area contributed by atoms with E-state index in [4.69, 9.17) is 11.6 Å². The minimum atomic E-state index is -0.598. The maximum atomic E-state index is 13.4. The van der Waals surface area contributed by atoms with E-state index in [2.05, 4.69) is 0 Å². The van der Waals surface area contributed by atoms with Gasteiger partial charge in [-0.2, -0.15) is 0 Å². The van der Waals surface area contributed by atoms with Crippen LogP contribution in [0.15, 0.2) is 42.6 Å². The Hall–Kier alpha value is -3.19. The van der Waals surface area contributed by atoms with E-state index in [0.29, 0.717) is 47.0 Å². The lowest BCUT2D eigenvalue weighted by molar-refractivity contribution is -0.125. The van der Waals surface area contributed by atoms with Crippen LogP contribution in [-0.2, 0) is 18.3 Å². The Balaban J connectivity index is 1.52. The van der Waals surface area contributed by atoms with Gasteiger partial charge < -0.3 is 14.4 Å². The summed E-state index contributed by atoms with van der Waals surface area (Å²) in [6, 6.07) is 9.90. The molecule has 4 rings (SSSR count). The summed E-state index contributed by atoms with van der Waals surface area (Å²) >= 11 is 6.53. The van der Waals surface area contributed by atoms with Crippen LogP contribution in [0.1, 0.15) is 52.5 Å². The number of piperidine rings is 1. The number of nitrogens with zero attached hydrogens (tertiary/aromatic N) is 3. The third kappa shape index (κ3) is 5.31. The predicted octanol–water partition coefficient (Wildman–Crippen LogP) is 5.12. The van der Waals surface area contributed by atoms with Gasteiger partial charge in [0.15, 0.2) is 0 Å². The Morgan fingerprint density at radius 3 is 2.39 bits per heavy atom. The van der Waals surface area contributed by atoms with E-state index < -0.39 is 11.7 Å². The number of ketones is 1. The molecule has 8 heteroatoms. The Bertz CT molecular complexity index is 1290. The van der Waals surface area contributed by atoms with E-state index in [9.17, 15) is 18.8 Å². The Kier molecular flexibility index (Phi) is 7.79. The van der Waals surface area contributed by atoms with E-state index in [-0.39, 0.29) is 17.3 Å². The fraction of sp³-hybridized carbons (Fsp3) is 0.393. The zero-order valence-electron chi connectivity index (χ0n) is 20.9. The standard InChI is InChI=1S/C28H31ClFN3O3/c1-4-11-31(2)28(36)26(34)23-17-32(3)25-16-24(29)22(15-21(23)25)27(35)33-12-9-19(10-13-33)14-18-5-7-20(30)8-6-18/h5-8,15-17,19H,4,9-14H2,1-3H3. The molecule has 2 amide bonds. The third-order valence-electron chi connectivity index (χ3n) is 6.99. The second-order valence-electron chi connectivity index (χ2n) is 9.62. The van der Waals surface area contributed by atoms with E-state index >= 15 is 0 Å². The molecule has 0 saturated carbocycles. The molecule has 6 nitrogen and oxygen atoms in total. The topological polar surface area (TPSA) is 62.6 Å². The van der Waals surface area contributed by atoms with E-state index in [0.717, 1.165) is 31.2 Å². The van der Waals surface area contributed by atoms with Crippen molar-refractivity contribution >= 4 is 40.1 Å². The van der Waals surface area contributed by atoms with Crippen molar-refractivity contribution in [2.75, 3.05) is 26.7 Å². The van der Waals surface area contributed by atoms with Gasteiger partial charge in [-0.3, -0.25) is 14.4 Å². The first-order chi connectivity index (χ1) is 17.2. The SMILES string of the molecule is CCCN(C)C(=O)C(=O)c1cn(C)c2cc(Cl)c(C(=O)N3CCC(Cc4ccc(F)cc4)CC3)cc12. The molecular weight excluding hydrogens is 481 g/mol. The number of Topliss-reactive ketones (excluding diaryl/α,β-unsaturated/α-hetero) is 1. The minimum absolute atomic E-state index is 0.182. The van der Waals surface area contributed by atoms with Gasteiger partial charge in [-0.05, 0) is 61.4 Å². The molecule has 3 aromatic rings. The van der Waals surface area contributed by atoms with Crippen molar-refractivity contribution in [3.63, 3.8) is 0 Å². The maximum Gasteiger partial charge on any atom is 0.294 e. The number of halogens is 2. The molecule has 1 aliphatic heterocycles. The second-order valence-corrected chi connectivity index (χ2v) is 10.0. The van der Waals surface area contributed by atoms with Crippen molar-refractivity contribution in [3.05, 3.63) is 70.1 Å². The summed E-state index contributed by atoms with van der Waals surface area (Å²) in [6.45, 7) is 3.62. The first-order valence-electron chi connectivity index (χ1n) is 12.3. The molecule has 1 fully saturated rings. The van der Waals surface area contributed by atoms with Crippen molar-refractivity contribution in [2.24, 2.45) is 13.0 Å². The van der Waals surface area contributed by atoms with Crippen molar-refractivity contribution in [3.8, 4) is 0 Å². The molecule has 0 bridgehead atoms. The maximum absolute atomic E-state index is 13.4. The third-order valence-corrected chi connectivity index (χ3v) is 7.31. The van der Waals surface area contributed by atoms with Crippen LogP contribution in [0.2, 0.25) is 5.02 Å². The first-order valence-corrected chi connectivity index (χ1v) is 12.7. The van der Waals surface area contributed by atoms with Crippen LogP contribution in [0.3, 0.4) is 0 Å². The molecule has 2 heterocycles.